The first kappa shape index (κ1) is 33.6. The summed E-state index contributed by atoms with van der Waals surface area (Å²) in [5.41, 5.74) is 1.67. The zero-order valence-electron chi connectivity index (χ0n) is 28.3. The minimum atomic E-state index is -1.92. The van der Waals surface area contributed by atoms with Gasteiger partial charge in [-0.15, -0.1) is 0 Å². The molecule has 4 atom stereocenters. The predicted molar refractivity (Wildman–Crippen MR) is 190 cm³/mol. The Morgan fingerprint density at radius 2 is 1.43 bits per heavy atom. The van der Waals surface area contributed by atoms with Crippen LogP contribution >= 0.6 is 0 Å². The van der Waals surface area contributed by atoms with E-state index in [1.165, 1.54) is 4.90 Å². The number of rotatable bonds is 9. The number of hydrogen-bond acceptors (Lipinski definition) is 6. The van der Waals surface area contributed by atoms with E-state index in [1.807, 2.05) is 73.7 Å². The molecule has 4 aromatic rings. The number of hydrogen-bond donors (Lipinski definition) is 2. The van der Waals surface area contributed by atoms with Gasteiger partial charge in [0.1, 0.15) is 5.54 Å². The number of carbonyl (C=O) groups is 5. The highest BCUT2D eigenvalue weighted by Gasteiger charge is 2.67. The third kappa shape index (κ3) is 6.00. The van der Waals surface area contributed by atoms with E-state index >= 15 is 4.79 Å². The average Bonchev–Trinajstić information content (AvgIpc) is 3.43. The number of para-hydroxylation sites is 1. The van der Waals surface area contributed by atoms with Gasteiger partial charge in [0.05, 0.1) is 29.8 Å². The zero-order chi connectivity index (χ0) is 35.5. The number of nitrogens with zero attached hydrogens (tertiary/aromatic N) is 3. The van der Waals surface area contributed by atoms with E-state index < -0.39 is 47.0 Å². The van der Waals surface area contributed by atoms with Crippen molar-refractivity contribution in [3.8, 4) is 0 Å². The number of amides is 6. The SMILES string of the molecule is CCC1=C2CC[C@H]3C(=O)N(c4ccccc4)C(=O)[C@H]3[C@H]2[C@@](Cc2ccccc2)(C(=O)NCc2ccccc2)N(C(=O)NCc2ccccn2)C1=O. The largest absolute Gasteiger partial charge is 0.350 e. The second-order valence-electron chi connectivity index (χ2n) is 13.2. The van der Waals surface area contributed by atoms with Gasteiger partial charge in [-0.25, -0.2) is 9.69 Å². The van der Waals surface area contributed by atoms with Crippen molar-refractivity contribution in [3.05, 3.63) is 143 Å². The van der Waals surface area contributed by atoms with Crippen LogP contribution in [0.1, 0.15) is 43.0 Å². The van der Waals surface area contributed by atoms with Crippen LogP contribution in [0.15, 0.2) is 127 Å². The molecule has 3 aromatic carbocycles. The molecule has 10 nitrogen and oxygen atoms in total. The molecule has 1 aromatic heterocycles. The molecular formula is C41H39N5O5. The monoisotopic (exact) mass is 681 g/mol. The minimum absolute atomic E-state index is 0.00442. The van der Waals surface area contributed by atoms with Gasteiger partial charge in [-0.05, 0) is 54.7 Å². The number of aromatic nitrogens is 1. The van der Waals surface area contributed by atoms with Crippen LogP contribution in [0.4, 0.5) is 10.5 Å². The number of nitrogens with one attached hydrogen (secondary N) is 2. The molecule has 10 heteroatoms. The second-order valence-corrected chi connectivity index (χ2v) is 13.2. The molecule has 1 saturated carbocycles. The first-order valence-electron chi connectivity index (χ1n) is 17.4. The van der Waals surface area contributed by atoms with E-state index in [1.54, 1.807) is 48.7 Å². The summed E-state index contributed by atoms with van der Waals surface area (Å²) in [5.74, 6) is -4.64. The Morgan fingerprint density at radius 1 is 0.784 bits per heavy atom. The fourth-order valence-corrected chi connectivity index (χ4v) is 8.21. The first-order chi connectivity index (χ1) is 24.8. The molecule has 0 bridgehead atoms. The van der Waals surface area contributed by atoms with Crippen LogP contribution in [0.3, 0.4) is 0 Å². The molecule has 0 spiro atoms. The standard InChI is InChI=1S/C41H39N5O5/c1-2-31-32-21-22-33-34(38(49)45(36(33)47)30-19-10-5-11-20-30)35(32)41(24-27-14-6-3-7-15-27,39(50)43-25-28-16-8-4-9-17-28)46(37(31)48)40(51)44-26-29-18-12-13-23-42-29/h3-20,23,33-35H,2,21-22,24-26H2,1H3,(H,43,50)(H,44,51)/t33-,34-,35+,41+/m1/s1. The zero-order valence-corrected chi connectivity index (χ0v) is 28.3. The summed E-state index contributed by atoms with van der Waals surface area (Å²) in [7, 11) is 0. The molecule has 258 valence electrons. The molecule has 6 amide bonds. The molecule has 1 aliphatic carbocycles. The number of anilines is 1. The van der Waals surface area contributed by atoms with Crippen LogP contribution in [0.2, 0.25) is 0 Å². The summed E-state index contributed by atoms with van der Waals surface area (Å²) in [6, 6.07) is 31.9. The molecule has 0 unspecified atom stereocenters. The van der Waals surface area contributed by atoms with Crippen molar-refractivity contribution in [2.24, 2.45) is 17.8 Å². The molecule has 2 fully saturated rings. The molecule has 0 radical (unpaired) electrons. The smallest absolute Gasteiger partial charge is 0.325 e. The lowest BCUT2D eigenvalue weighted by Gasteiger charge is -2.54. The highest BCUT2D eigenvalue weighted by Crippen LogP contribution is 2.55. The normalized spacial score (nSPS) is 22.8. The quantitative estimate of drug-likeness (QED) is 0.229. The van der Waals surface area contributed by atoms with Gasteiger partial charge in [0.2, 0.25) is 17.7 Å². The third-order valence-corrected chi connectivity index (χ3v) is 10.4. The summed E-state index contributed by atoms with van der Waals surface area (Å²) >= 11 is 0. The molecule has 2 aliphatic heterocycles. The summed E-state index contributed by atoms with van der Waals surface area (Å²) < 4.78 is 0. The van der Waals surface area contributed by atoms with Crippen LogP contribution in [-0.4, -0.2) is 45.1 Å². The predicted octanol–water partition coefficient (Wildman–Crippen LogP) is 5.35. The Morgan fingerprint density at radius 3 is 2.08 bits per heavy atom. The van der Waals surface area contributed by atoms with Crippen molar-refractivity contribution >= 4 is 35.3 Å². The fraction of sp³-hybridized carbons (Fsp3) is 0.268. The first-order valence-corrected chi connectivity index (χ1v) is 17.4. The van der Waals surface area contributed by atoms with Gasteiger partial charge in [0.15, 0.2) is 0 Å². The third-order valence-electron chi connectivity index (χ3n) is 10.4. The molecule has 2 N–H and O–H groups in total. The molecule has 3 aliphatic rings. The van der Waals surface area contributed by atoms with Gasteiger partial charge in [-0.3, -0.25) is 29.1 Å². The van der Waals surface area contributed by atoms with E-state index in [0.717, 1.165) is 10.5 Å². The number of pyridine rings is 1. The maximum absolute atomic E-state index is 15.3. The number of imide groups is 2. The van der Waals surface area contributed by atoms with Gasteiger partial charge >= 0.3 is 6.03 Å². The fourth-order valence-electron chi connectivity index (χ4n) is 8.21. The maximum Gasteiger partial charge on any atom is 0.325 e. The van der Waals surface area contributed by atoms with Gasteiger partial charge in [-0.1, -0.05) is 97.4 Å². The van der Waals surface area contributed by atoms with Crippen LogP contribution in [0.25, 0.3) is 0 Å². The van der Waals surface area contributed by atoms with E-state index in [9.17, 15) is 19.2 Å². The van der Waals surface area contributed by atoms with Crippen molar-refractivity contribution in [2.75, 3.05) is 4.90 Å². The lowest BCUT2D eigenvalue weighted by molar-refractivity contribution is -0.151. The van der Waals surface area contributed by atoms with E-state index in [2.05, 4.69) is 15.6 Å². The van der Waals surface area contributed by atoms with Crippen LogP contribution in [-0.2, 0) is 38.7 Å². The Labute approximate surface area is 296 Å². The van der Waals surface area contributed by atoms with Crippen LogP contribution < -0.4 is 15.5 Å². The minimum Gasteiger partial charge on any atom is -0.350 e. The number of carbonyl (C=O) groups excluding carboxylic acids is 5. The van der Waals surface area contributed by atoms with E-state index in [4.69, 9.17) is 0 Å². The van der Waals surface area contributed by atoms with Gasteiger partial charge in [0, 0.05) is 30.7 Å². The summed E-state index contributed by atoms with van der Waals surface area (Å²) in [6.07, 6.45) is 2.51. The topological polar surface area (TPSA) is 129 Å². The second kappa shape index (κ2) is 14.1. The average molecular weight is 682 g/mol. The van der Waals surface area contributed by atoms with E-state index in [-0.39, 0.29) is 31.8 Å². The number of fused-ring (bicyclic) bond motifs is 3. The van der Waals surface area contributed by atoms with Crippen molar-refractivity contribution in [3.63, 3.8) is 0 Å². The number of urea groups is 1. The lowest BCUT2D eigenvalue weighted by atomic mass is 9.57. The Bertz CT molecular complexity index is 1990. The van der Waals surface area contributed by atoms with Crippen LogP contribution in [0, 0.1) is 17.8 Å². The molecule has 7 rings (SSSR count). The van der Waals surface area contributed by atoms with Gasteiger partial charge in [0.25, 0.3) is 5.91 Å². The number of benzene rings is 3. The summed E-state index contributed by atoms with van der Waals surface area (Å²) in [6.45, 7) is 1.96. The van der Waals surface area contributed by atoms with Gasteiger partial charge in [-0.2, -0.15) is 0 Å². The lowest BCUT2D eigenvalue weighted by Crippen LogP contribution is -2.73. The van der Waals surface area contributed by atoms with Gasteiger partial charge < -0.3 is 10.6 Å². The molecular weight excluding hydrogens is 642 g/mol. The molecule has 51 heavy (non-hydrogen) atoms. The molecule has 1 saturated heterocycles. The molecule has 3 heterocycles. The van der Waals surface area contributed by atoms with Crippen molar-refractivity contribution < 1.29 is 24.0 Å². The summed E-state index contributed by atoms with van der Waals surface area (Å²) in [4.78, 5) is 80.3. The Balaban J connectivity index is 1.42. The van der Waals surface area contributed by atoms with Crippen LogP contribution in [0.5, 0.6) is 0 Å². The van der Waals surface area contributed by atoms with Crippen molar-refractivity contribution in [1.29, 1.82) is 0 Å². The van der Waals surface area contributed by atoms with E-state index in [0.29, 0.717) is 40.9 Å². The Kier molecular flexibility index (Phi) is 9.32. The van der Waals surface area contributed by atoms with Crippen molar-refractivity contribution in [2.45, 2.75) is 51.2 Å². The van der Waals surface area contributed by atoms with Crippen molar-refractivity contribution in [1.82, 2.24) is 20.5 Å². The highest BCUT2D eigenvalue weighted by atomic mass is 16.2. The maximum atomic E-state index is 15.3. The Hall–Kier alpha value is -5.90. The summed E-state index contributed by atoms with van der Waals surface area (Å²) in [5, 5.41) is 5.93. The highest BCUT2D eigenvalue weighted by molar-refractivity contribution is 6.23.